The molecule has 8 aromatic rings. The molecule has 6 aromatic carbocycles. The van der Waals surface area contributed by atoms with Crippen molar-refractivity contribution < 1.29 is 19.4 Å². The van der Waals surface area contributed by atoms with Crippen LogP contribution in [0.2, 0.25) is 0 Å². The summed E-state index contributed by atoms with van der Waals surface area (Å²) in [5.41, 5.74) is 7.33. The molecule has 0 saturated carbocycles. The van der Waals surface area contributed by atoms with E-state index in [4.69, 9.17) is 0 Å². The van der Waals surface area contributed by atoms with Crippen molar-refractivity contribution in [1.29, 1.82) is 0 Å². The first-order chi connectivity index (χ1) is 24.4. The molecular formula is C41H34B2N4PtS2. The molecule has 0 unspecified atom stereocenters. The van der Waals surface area contributed by atoms with Gasteiger partial charge in [0.2, 0.25) is 0 Å². The van der Waals surface area contributed by atoms with E-state index in [1.54, 1.807) is 0 Å². The number of anilines is 2. The maximum atomic E-state index is 2.53. The van der Waals surface area contributed by atoms with Crippen LogP contribution in [0.3, 0.4) is 0 Å². The van der Waals surface area contributed by atoms with Crippen molar-refractivity contribution >= 4 is 92.3 Å². The minimum absolute atomic E-state index is 0.105. The summed E-state index contributed by atoms with van der Waals surface area (Å²) in [6, 6.07) is 49.4. The van der Waals surface area contributed by atoms with Gasteiger partial charge in [-0.15, -0.1) is 0 Å². The fraction of sp³-hybridized carbons (Fsp3) is 0.0976. The molecule has 3 heterocycles. The van der Waals surface area contributed by atoms with Gasteiger partial charge in [0, 0.05) is 0 Å². The summed E-state index contributed by atoms with van der Waals surface area (Å²) in [5.74, 6) is 0. The Kier molecular flexibility index (Phi) is 8.06. The third-order valence-corrected chi connectivity index (χ3v) is 13.3. The maximum absolute atomic E-state index is 2.53. The number of hydrogen-bond acceptors (Lipinski definition) is 6. The first kappa shape index (κ1) is 31.9. The molecule has 0 spiro atoms. The topological polar surface area (TPSA) is 13.0 Å². The Balaban J connectivity index is 1.03. The van der Waals surface area contributed by atoms with E-state index in [0.29, 0.717) is 0 Å². The Hall–Kier alpha value is -4.03. The zero-order valence-electron chi connectivity index (χ0n) is 28.3. The molecule has 0 amide bonds. The molecule has 4 nitrogen and oxygen atoms in total. The second-order valence-electron chi connectivity index (χ2n) is 13.4. The van der Waals surface area contributed by atoms with Gasteiger partial charge in [0.1, 0.15) is 0 Å². The van der Waals surface area contributed by atoms with Crippen molar-refractivity contribution in [2.24, 2.45) is 0 Å². The Morgan fingerprint density at radius 2 is 0.800 bits per heavy atom. The molecule has 50 heavy (non-hydrogen) atoms. The average Bonchev–Trinajstić information content (AvgIpc) is 3.80. The van der Waals surface area contributed by atoms with Crippen molar-refractivity contribution in [2.75, 3.05) is 37.8 Å². The average molecular weight is 864 g/mol. The number of benzene rings is 6. The number of hydrogen-bond donors (Lipinski definition) is 0. The van der Waals surface area contributed by atoms with E-state index in [-0.39, 0.29) is 13.7 Å². The molecule has 1 aliphatic rings. The third kappa shape index (κ3) is 5.28. The molecule has 2 aromatic heterocycles. The molecular weight excluding hydrogens is 829 g/mol. The van der Waals surface area contributed by atoms with Crippen molar-refractivity contribution in [1.82, 2.24) is 9.62 Å². The van der Waals surface area contributed by atoms with Gasteiger partial charge < -0.3 is 0 Å². The fourth-order valence-electron chi connectivity index (χ4n) is 7.52. The van der Waals surface area contributed by atoms with E-state index in [1.807, 2.05) is 22.7 Å². The molecule has 0 atom stereocenters. The van der Waals surface area contributed by atoms with Gasteiger partial charge in [0.15, 0.2) is 0 Å². The molecule has 1 fully saturated rings. The van der Waals surface area contributed by atoms with Crippen LogP contribution in [0.4, 0.5) is 11.4 Å². The predicted octanol–water partition coefficient (Wildman–Crippen LogP) is 9.90. The van der Waals surface area contributed by atoms with E-state index < -0.39 is 0 Å². The molecule has 0 radical (unpaired) electrons. The van der Waals surface area contributed by atoms with Gasteiger partial charge in [-0.1, -0.05) is 24.3 Å². The molecule has 9 heteroatoms. The summed E-state index contributed by atoms with van der Waals surface area (Å²) in [7, 11) is 8.74. The monoisotopic (exact) mass is 863 g/mol. The van der Waals surface area contributed by atoms with E-state index >= 15 is 0 Å². The van der Waals surface area contributed by atoms with Crippen LogP contribution >= 0.6 is 22.7 Å². The van der Waals surface area contributed by atoms with E-state index in [2.05, 4.69) is 200 Å². The van der Waals surface area contributed by atoms with Crippen LogP contribution in [0.15, 0.2) is 133 Å². The van der Waals surface area contributed by atoms with Gasteiger partial charge in [0.05, 0.1) is 0 Å². The van der Waals surface area contributed by atoms with Crippen molar-refractivity contribution in [2.45, 2.75) is 0 Å². The summed E-state index contributed by atoms with van der Waals surface area (Å²) in [5, 5.41) is 5.35. The Morgan fingerprint density at radius 1 is 0.440 bits per heavy atom. The quantitative estimate of drug-likeness (QED) is 0.155. The molecule has 0 N–H and O–H groups in total. The van der Waals surface area contributed by atoms with E-state index in [0.717, 1.165) is 0 Å². The summed E-state index contributed by atoms with van der Waals surface area (Å²) < 4.78 is 6.53. The number of rotatable bonds is 6. The van der Waals surface area contributed by atoms with Crippen LogP contribution < -0.4 is 9.62 Å². The van der Waals surface area contributed by atoms with Gasteiger partial charge in [-0.25, -0.2) is 0 Å². The normalized spacial score (nSPS) is 13.9. The second kappa shape index (κ2) is 12.6. The first-order valence-electron chi connectivity index (χ1n) is 16.8. The zero-order chi connectivity index (χ0) is 34.1. The van der Waals surface area contributed by atoms with Crippen LogP contribution in [0.5, 0.6) is 0 Å². The van der Waals surface area contributed by atoms with Crippen LogP contribution in [-0.4, -0.2) is 55.7 Å². The van der Waals surface area contributed by atoms with Crippen molar-refractivity contribution in [3.05, 3.63) is 133 Å². The van der Waals surface area contributed by atoms with Gasteiger partial charge in [-0.05, 0) is 0 Å². The summed E-state index contributed by atoms with van der Waals surface area (Å²) in [4.78, 5) is 9.63. The molecule has 1 saturated heterocycles. The van der Waals surface area contributed by atoms with Crippen LogP contribution in [-0.2, 0) is 19.4 Å². The molecule has 0 bridgehead atoms. The van der Waals surface area contributed by atoms with E-state index in [1.165, 1.54) is 78.1 Å². The van der Waals surface area contributed by atoms with Gasteiger partial charge in [-0.3, -0.25) is 0 Å². The number of fused-ring (bicyclic) bond motifs is 6. The third-order valence-electron chi connectivity index (χ3n) is 9.94. The Morgan fingerprint density at radius 3 is 1.20 bits per heavy atom. The number of thiophene rings is 2. The SMILES string of the molecule is CN(C)B1B(N(C)C)N(c2ccc(-c3ccc4c(c3)sc3ccccc34)cc2)[C](=[Pt])N1c1ccc(-c2ccc3c(c2)sc2ccccc23)cc1. The zero-order valence-corrected chi connectivity index (χ0v) is 32.2. The molecule has 9 rings (SSSR count). The number of nitrogens with zero attached hydrogens (tertiary/aromatic N) is 4. The van der Waals surface area contributed by atoms with Crippen LogP contribution in [0.1, 0.15) is 0 Å². The second-order valence-corrected chi connectivity index (χ2v) is 16.6. The van der Waals surface area contributed by atoms with E-state index in [9.17, 15) is 0 Å². The minimum atomic E-state index is 0.105. The van der Waals surface area contributed by atoms with Crippen LogP contribution in [0.25, 0.3) is 62.6 Å². The molecule has 0 aliphatic carbocycles. The van der Waals surface area contributed by atoms with Crippen molar-refractivity contribution in [3.8, 4) is 22.3 Å². The van der Waals surface area contributed by atoms with Gasteiger partial charge in [-0.2, -0.15) is 0 Å². The molecule has 246 valence electrons. The molecule has 1 aliphatic heterocycles. The van der Waals surface area contributed by atoms with Crippen LogP contribution in [0, 0.1) is 0 Å². The van der Waals surface area contributed by atoms with Gasteiger partial charge >= 0.3 is 291 Å². The summed E-state index contributed by atoms with van der Waals surface area (Å²) in [6.07, 6.45) is 0. The Bertz CT molecular complexity index is 2380. The first-order valence-corrected chi connectivity index (χ1v) is 19.6. The predicted molar refractivity (Wildman–Crippen MR) is 218 cm³/mol. The Labute approximate surface area is 312 Å². The van der Waals surface area contributed by atoms with Crippen molar-refractivity contribution in [3.63, 3.8) is 0 Å². The standard InChI is InChI=1S/C41H34B2N4S2.Pt/c1-44(2)42-43(45(3)4)47(33-21-15-29(16-22-33)31-18-24-37-35-10-6-8-12-39(35)49-41(37)26-31)27-46(42)32-19-13-28(14-20-32)30-17-23-36-34-9-5-7-11-38(34)48-40(36)25-30;/h5-26H,1-4H3;. The summed E-state index contributed by atoms with van der Waals surface area (Å²) in [6.45, 7) is 0.210. The fourth-order valence-corrected chi connectivity index (χ4v) is 11.0. The summed E-state index contributed by atoms with van der Waals surface area (Å²) >= 11 is 6.27. The van der Waals surface area contributed by atoms with Gasteiger partial charge in [0.25, 0.3) is 0 Å².